The number of rotatable bonds is 4. The maximum Gasteiger partial charge on any atom is 0.407 e. The third-order valence-electron chi connectivity index (χ3n) is 5.67. The minimum atomic E-state index is -4.43. The lowest BCUT2D eigenvalue weighted by Gasteiger charge is -2.41. The molecule has 2 heterocycles. The van der Waals surface area contributed by atoms with Crippen LogP contribution in [-0.2, 0) is 20.7 Å². The quantitative estimate of drug-likeness (QED) is 0.641. The van der Waals surface area contributed by atoms with Gasteiger partial charge < -0.3 is 25.0 Å². The van der Waals surface area contributed by atoms with Gasteiger partial charge in [0.1, 0.15) is 11.7 Å². The lowest BCUT2D eigenvalue weighted by molar-refractivity contribution is -0.177. The van der Waals surface area contributed by atoms with Crippen LogP contribution in [-0.4, -0.2) is 55.0 Å². The first kappa shape index (κ1) is 24.9. The van der Waals surface area contributed by atoms with Crippen LogP contribution >= 0.6 is 0 Å². The van der Waals surface area contributed by atoms with Crippen LogP contribution in [0.1, 0.15) is 57.9 Å². The minimum Gasteiger partial charge on any atom is -0.456 e. The van der Waals surface area contributed by atoms with E-state index in [9.17, 15) is 22.8 Å². The smallest absolute Gasteiger partial charge is 0.407 e. The standard InChI is InChI=1S/C22H31F3N4O4/c1-12(30)32-17-7-6-15-18(17)27-9-16(26-5)19(15)29-10-13(22(23,24)25)8-14(11-29)28-20(31)33-21(2,3)4/h9,13-14,17,26H,6-8,10-11H2,1-5H3,(H,28,31)/t13?,14-,17?/m0/s1. The number of alkyl carbamates (subject to hydrolysis) is 1. The molecule has 0 aromatic carbocycles. The van der Waals surface area contributed by atoms with E-state index in [0.717, 1.165) is 5.56 Å². The summed E-state index contributed by atoms with van der Waals surface area (Å²) in [6, 6.07) is -0.764. The fourth-order valence-electron chi connectivity index (χ4n) is 4.45. The second-order valence-corrected chi connectivity index (χ2v) is 9.49. The second kappa shape index (κ2) is 9.26. The van der Waals surface area contributed by atoms with Crippen LogP contribution in [0.15, 0.2) is 6.20 Å². The maximum atomic E-state index is 13.8. The molecule has 1 amide bonds. The molecule has 0 radical (unpaired) electrons. The molecule has 8 nitrogen and oxygen atoms in total. The van der Waals surface area contributed by atoms with Crippen LogP contribution in [0.2, 0.25) is 0 Å². The normalized spacial score (nSPS) is 23.0. The number of pyridine rings is 1. The molecular weight excluding hydrogens is 441 g/mol. The molecule has 1 aromatic heterocycles. The van der Waals surface area contributed by atoms with E-state index >= 15 is 0 Å². The fraction of sp³-hybridized carbons (Fsp3) is 0.682. The van der Waals surface area contributed by atoms with Crippen molar-refractivity contribution >= 4 is 23.4 Å². The highest BCUT2D eigenvalue weighted by atomic mass is 19.4. The summed E-state index contributed by atoms with van der Waals surface area (Å²) in [4.78, 5) is 29.8. The lowest BCUT2D eigenvalue weighted by atomic mass is 9.92. The third-order valence-corrected chi connectivity index (χ3v) is 5.67. The predicted molar refractivity (Wildman–Crippen MR) is 116 cm³/mol. The maximum absolute atomic E-state index is 13.8. The van der Waals surface area contributed by atoms with Crippen LogP contribution in [0, 0.1) is 5.92 Å². The summed E-state index contributed by atoms with van der Waals surface area (Å²) in [5.74, 6) is -2.07. The number of esters is 1. The molecule has 3 atom stereocenters. The van der Waals surface area contributed by atoms with Crippen molar-refractivity contribution in [2.75, 3.05) is 30.4 Å². The van der Waals surface area contributed by atoms with Crippen molar-refractivity contribution in [3.63, 3.8) is 0 Å². The minimum absolute atomic E-state index is 0.176. The number of hydrogen-bond donors (Lipinski definition) is 2. The van der Waals surface area contributed by atoms with Gasteiger partial charge in [0.25, 0.3) is 0 Å². The number of nitrogens with one attached hydrogen (secondary N) is 2. The second-order valence-electron chi connectivity index (χ2n) is 9.49. The van der Waals surface area contributed by atoms with E-state index in [4.69, 9.17) is 9.47 Å². The number of amides is 1. The molecule has 1 saturated heterocycles. The van der Waals surface area contributed by atoms with E-state index in [1.807, 2.05) is 0 Å². The molecule has 1 aliphatic carbocycles. The number of piperidine rings is 1. The van der Waals surface area contributed by atoms with E-state index in [0.29, 0.717) is 29.9 Å². The van der Waals surface area contributed by atoms with Gasteiger partial charge in [-0.25, -0.2) is 4.79 Å². The van der Waals surface area contributed by atoms with E-state index in [-0.39, 0.29) is 19.5 Å². The van der Waals surface area contributed by atoms with Gasteiger partial charge in [-0.1, -0.05) is 0 Å². The lowest BCUT2D eigenvalue weighted by Crippen LogP contribution is -2.54. The molecule has 0 spiro atoms. The van der Waals surface area contributed by atoms with Crippen molar-refractivity contribution in [2.45, 2.75) is 70.9 Å². The van der Waals surface area contributed by atoms with Crippen LogP contribution in [0.5, 0.6) is 0 Å². The summed E-state index contributed by atoms with van der Waals surface area (Å²) in [6.07, 6.45) is -3.37. The Morgan fingerprint density at radius 2 is 1.91 bits per heavy atom. The molecule has 1 aromatic rings. The fourth-order valence-corrected chi connectivity index (χ4v) is 4.45. The van der Waals surface area contributed by atoms with Crippen molar-refractivity contribution in [3.05, 3.63) is 17.5 Å². The van der Waals surface area contributed by atoms with Crippen LogP contribution in [0.3, 0.4) is 0 Å². The number of aromatic nitrogens is 1. The molecule has 3 rings (SSSR count). The number of carbonyl (C=O) groups excluding carboxylic acids is 2. The summed E-state index contributed by atoms with van der Waals surface area (Å²) in [5.41, 5.74) is 1.73. The number of anilines is 2. The number of alkyl halides is 3. The molecule has 2 aliphatic rings. The van der Waals surface area contributed by atoms with E-state index in [1.165, 1.54) is 6.92 Å². The molecule has 1 fully saturated rings. The number of halogens is 3. The van der Waals surface area contributed by atoms with Crippen LogP contribution < -0.4 is 15.5 Å². The number of carbonyl (C=O) groups is 2. The third kappa shape index (κ3) is 6.00. The number of ether oxygens (including phenoxy) is 2. The molecule has 2 unspecified atom stereocenters. The van der Waals surface area contributed by atoms with Crippen LogP contribution in [0.4, 0.5) is 29.3 Å². The Morgan fingerprint density at radius 3 is 2.48 bits per heavy atom. The monoisotopic (exact) mass is 472 g/mol. The zero-order chi connectivity index (χ0) is 24.6. The molecule has 184 valence electrons. The molecule has 1 aliphatic heterocycles. The highest BCUT2D eigenvalue weighted by Gasteiger charge is 2.46. The molecule has 11 heteroatoms. The average Bonchev–Trinajstić information content (AvgIpc) is 3.06. The van der Waals surface area contributed by atoms with Gasteiger partial charge in [0.05, 0.1) is 35.2 Å². The molecule has 0 bridgehead atoms. The van der Waals surface area contributed by atoms with Crippen molar-refractivity contribution < 1.29 is 32.2 Å². The Balaban J connectivity index is 1.94. The van der Waals surface area contributed by atoms with Gasteiger partial charge in [-0.15, -0.1) is 0 Å². The van der Waals surface area contributed by atoms with E-state index < -0.39 is 41.9 Å². The zero-order valence-electron chi connectivity index (χ0n) is 19.5. The predicted octanol–water partition coefficient (Wildman–Crippen LogP) is 3.96. The number of fused-ring (bicyclic) bond motifs is 1. The van der Waals surface area contributed by atoms with Crippen molar-refractivity contribution in [3.8, 4) is 0 Å². The average molecular weight is 473 g/mol. The van der Waals surface area contributed by atoms with Gasteiger partial charge in [-0.2, -0.15) is 13.2 Å². The zero-order valence-corrected chi connectivity index (χ0v) is 19.5. The van der Waals surface area contributed by atoms with E-state index in [2.05, 4.69) is 15.6 Å². The highest BCUT2D eigenvalue weighted by molar-refractivity contribution is 5.76. The van der Waals surface area contributed by atoms with Gasteiger partial charge in [0.2, 0.25) is 0 Å². The van der Waals surface area contributed by atoms with Gasteiger partial charge in [-0.3, -0.25) is 9.78 Å². The Morgan fingerprint density at radius 1 is 1.21 bits per heavy atom. The summed E-state index contributed by atoms with van der Waals surface area (Å²) in [5, 5.41) is 5.62. The van der Waals surface area contributed by atoms with E-state index in [1.54, 1.807) is 38.9 Å². The van der Waals surface area contributed by atoms with Gasteiger partial charge >= 0.3 is 18.2 Å². The van der Waals surface area contributed by atoms with Gasteiger partial charge in [0, 0.05) is 32.6 Å². The molecule has 33 heavy (non-hydrogen) atoms. The summed E-state index contributed by atoms with van der Waals surface area (Å²) in [7, 11) is 1.67. The van der Waals surface area contributed by atoms with Crippen LogP contribution in [0.25, 0.3) is 0 Å². The van der Waals surface area contributed by atoms with Gasteiger partial charge in [-0.05, 0) is 40.0 Å². The number of nitrogens with zero attached hydrogens (tertiary/aromatic N) is 2. The van der Waals surface area contributed by atoms with Crippen molar-refractivity contribution in [1.82, 2.24) is 10.3 Å². The largest absolute Gasteiger partial charge is 0.456 e. The summed E-state index contributed by atoms with van der Waals surface area (Å²) in [6.45, 7) is 6.31. The first-order chi connectivity index (χ1) is 15.3. The first-order valence-electron chi connectivity index (χ1n) is 11.0. The first-order valence-corrected chi connectivity index (χ1v) is 11.0. The van der Waals surface area contributed by atoms with Crippen molar-refractivity contribution in [1.29, 1.82) is 0 Å². The Labute approximate surface area is 191 Å². The SMILES string of the molecule is CNc1cnc2c(c1N1CC(C(F)(F)F)C[C@H](NC(=O)OC(C)(C)C)C1)CCC2OC(C)=O. The van der Waals surface area contributed by atoms with Gasteiger partial charge in [0.15, 0.2) is 0 Å². The highest BCUT2D eigenvalue weighted by Crippen LogP contribution is 2.44. The molecular formula is C22H31F3N4O4. The number of hydrogen-bond acceptors (Lipinski definition) is 7. The Hall–Kier alpha value is -2.72. The topological polar surface area (TPSA) is 92.8 Å². The molecule has 2 N–H and O–H groups in total. The Bertz CT molecular complexity index is 901. The summed E-state index contributed by atoms with van der Waals surface area (Å²) < 4.78 is 52.1. The van der Waals surface area contributed by atoms with Crippen molar-refractivity contribution in [2.24, 2.45) is 5.92 Å². The molecule has 0 saturated carbocycles. The summed E-state index contributed by atoms with van der Waals surface area (Å²) >= 11 is 0. The Kier molecular flexibility index (Phi) is 6.99.